The molecule has 1 atom stereocenters. The van der Waals surface area contributed by atoms with Crippen LogP contribution >= 0.6 is 15.9 Å². The number of nitrogens with zero attached hydrogens (tertiary/aromatic N) is 1. The van der Waals surface area contributed by atoms with Crippen LogP contribution in [0.2, 0.25) is 0 Å². The van der Waals surface area contributed by atoms with E-state index in [9.17, 15) is 0 Å². The van der Waals surface area contributed by atoms with E-state index in [1.54, 1.807) is 0 Å². The Hall–Kier alpha value is -1.13. The van der Waals surface area contributed by atoms with Crippen molar-refractivity contribution in [3.63, 3.8) is 0 Å². The monoisotopic (exact) mass is 308 g/mol. The molecule has 0 saturated heterocycles. The van der Waals surface area contributed by atoms with Crippen LogP contribution in [0, 0.1) is 0 Å². The quantitative estimate of drug-likeness (QED) is 0.887. The zero-order valence-electron chi connectivity index (χ0n) is 10.4. The first-order valence-corrected chi connectivity index (χ1v) is 6.95. The smallest absolute Gasteiger partial charge is 0.0723 e. The highest BCUT2D eigenvalue weighted by Crippen LogP contribution is 2.26. The predicted octanol–water partition coefficient (Wildman–Crippen LogP) is 3.57. The van der Waals surface area contributed by atoms with Crippen molar-refractivity contribution in [2.75, 3.05) is 11.9 Å². The average molecular weight is 309 g/mol. The lowest BCUT2D eigenvalue weighted by atomic mass is 10.1. The molecule has 2 rings (SSSR count). The Balaban J connectivity index is 2.34. The van der Waals surface area contributed by atoms with Gasteiger partial charge >= 0.3 is 0 Å². The SMILES string of the molecule is CCC(CCO)Nc1ccnc2ccc(Br)cc12. The molecule has 1 heterocycles. The van der Waals surface area contributed by atoms with Gasteiger partial charge in [0.15, 0.2) is 0 Å². The number of pyridine rings is 1. The number of benzene rings is 1. The second kappa shape index (κ2) is 6.16. The molecule has 0 aliphatic carbocycles. The standard InChI is InChI=1S/C14H17BrN2O/c1-2-11(6-8-18)17-14-5-7-16-13-4-3-10(15)9-12(13)14/h3-5,7,9,11,18H,2,6,8H2,1H3,(H,16,17). The van der Waals surface area contributed by atoms with E-state index in [-0.39, 0.29) is 6.61 Å². The maximum absolute atomic E-state index is 9.04. The number of aliphatic hydroxyl groups is 1. The lowest BCUT2D eigenvalue weighted by Crippen LogP contribution is -2.19. The summed E-state index contributed by atoms with van der Waals surface area (Å²) in [5, 5.41) is 13.6. The van der Waals surface area contributed by atoms with E-state index in [1.807, 2.05) is 24.4 Å². The number of halogens is 1. The van der Waals surface area contributed by atoms with Gasteiger partial charge in [-0.1, -0.05) is 22.9 Å². The molecule has 0 saturated carbocycles. The van der Waals surface area contributed by atoms with Crippen LogP contribution in [-0.4, -0.2) is 22.7 Å². The van der Waals surface area contributed by atoms with Crippen LogP contribution in [0.3, 0.4) is 0 Å². The molecule has 0 aliphatic heterocycles. The van der Waals surface area contributed by atoms with Crippen molar-refractivity contribution in [2.24, 2.45) is 0 Å². The number of fused-ring (bicyclic) bond motifs is 1. The topological polar surface area (TPSA) is 45.1 Å². The summed E-state index contributed by atoms with van der Waals surface area (Å²) in [5.74, 6) is 0. The zero-order chi connectivity index (χ0) is 13.0. The van der Waals surface area contributed by atoms with Crippen LogP contribution in [0.1, 0.15) is 19.8 Å². The molecule has 3 nitrogen and oxygen atoms in total. The third kappa shape index (κ3) is 3.00. The van der Waals surface area contributed by atoms with Gasteiger partial charge in [0.2, 0.25) is 0 Å². The van der Waals surface area contributed by atoms with Crippen LogP contribution in [0.15, 0.2) is 34.9 Å². The van der Waals surface area contributed by atoms with E-state index in [0.29, 0.717) is 6.04 Å². The van der Waals surface area contributed by atoms with E-state index < -0.39 is 0 Å². The van der Waals surface area contributed by atoms with E-state index >= 15 is 0 Å². The number of rotatable bonds is 5. The molecular weight excluding hydrogens is 292 g/mol. The summed E-state index contributed by atoms with van der Waals surface area (Å²) in [5.41, 5.74) is 2.05. The Kier molecular flexibility index (Phi) is 4.55. The third-order valence-corrected chi connectivity index (χ3v) is 3.53. The molecule has 96 valence electrons. The second-order valence-corrected chi connectivity index (χ2v) is 5.20. The predicted molar refractivity (Wildman–Crippen MR) is 78.8 cm³/mol. The second-order valence-electron chi connectivity index (χ2n) is 4.28. The van der Waals surface area contributed by atoms with Gasteiger partial charge < -0.3 is 10.4 Å². The maximum atomic E-state index is 9.04. The van der Waals surface area contributed by atoms with Gasteiger partial charge in [0.25, 0.3) is 0 Å². The van der Waals surface area contributed by atoms with Gasteiger partial charge in [0.1, 0.15) is 0 Å². The van der Waals surface area contributed by atoms with Gasteiger partial charge in [-0.2, -0.15) is 0 Å². The molecule has 1 aromatic heterocycles. The van der Waals surface area contributed by atoms with Gasteiger partial charge in [-0.15, -0.1) is 0 Å². The number of hydrogen-bond donors (Lipinski definition) is 2. The minimum Gasteiger partial charge on any atom is -0.396 e. The lowest BCUT2D eigenvalue weighted by molar-refractivity contribution is 0.278. The normalized spacial score (nSPS) is 12.6. The summed E-state index contributed by atoms with van der Waals surface area (Å²) in [6.07, 6.45) is 3.55. The highest BCUT2D eigenvalue weighted by molar-refractivity contribution is 9.10. The first-order valence-electron chi connectivity index (χ1n) is 6.16. The van der Waals surface area contributed by atoms with Crippen molar-refractivity contribution in [3.8, 4) is 0 Å². The van der Waals surface area contributed by atoms with Crippen LogP contribution in [-0.2, 0) is 0 Å². The van der Waals surface area contributed by atoms with Crippen molar-refractivity contribution in [1.82, 2.24) is 4.98 Å². The molecular formula is C14H17BrN2O. The Morgan fingerprint density at radius 1 is 1.39 bits per heavy atom. The molecule has 4 heteroatoms. The molecule has 2 aromatic rings. The van der Waals surface area contributed by atoms with E-state index in [0.717, 1.165) is 33.9 Å². The molecule has 0 radical (unpaired) electrons. The van der Waals surface area contributed by atoms with Crippen molar-refractivity contribution < 1.29 is 5.11 Å². The maximum Gasteiger partial charge on any atom is 0.0723 e. The summed E-state index contributed by atoms with van der Waals surface area (Å²) < 4.78 is 1.04. The minimum absolute atomic E-state index is 0.207. The third-order valence-electron chi connectivity index (χ3n) is 3.03. The molecule has 0 aliphatic rings. The first kappa shape index (κ1) is 13.3. The van der Waals surface area contributed by atoms with Crippen molar-refractivity contribution >= 4 is 32.5 Å². The van der Waals surface area contributed by atoms with E-state index in [4.69, 9.17) is 5.11 Å². The molecule has 0 amide bonds. The van der Waals surface area contributed by atoms with Crippen LogP contribution in [0.4, 0.5) is 5.69 Å². The molecule has 1 unspecified atom stereocenters. The number of aliphatic hydroxyl groups excluding tert-OH is 1. The van der Waals surface area contributed by atoms with Crippen molar-refractivity contribution in [1.29, 1.82) is 0 Å². The number of nitrogens with one attached hydrogen (secondary N) is 1. The zero-order valence-corrected chi connectivity index (χ0v) is 11.9. The molecule has 0 spiro atoms. The summed E-state index contributed by atoms with van der Waals surface area (Å²) >= 11 is 3.49. The van der Waals surface area contributed by atoms with Gasteiger partial charge in [-0.25, -0.2) is 0 Å². The number of anilines is 1. The fourth-order valence-electron chi connectivity index (χ4n) is 2.00. The Bertz CT molecular complexity index is 530. The average Bonchev–Trinajstić information content (AvgIpc) is 2.38. The van der Waals surface area contributed by atoms with Gasteiger partial charge in [0, 0.05) is 34.4 Å². The fraction of sp³-hybridized carbons (Fsp3) is 0.357. The number of hydrogen-bond acceptors (Lipinski definition) is 3. The largest absolute Gasteiger partial charge is 0.396 e. The van der Waals surface area contributed by atoms with Crippen molar-refractivity contribution in [2.45, 2.75) is 25.8 Å². The van der Waals surface area contributed by atoms with Gasteiger partial charge in [-0.3, -0.25) is 4.98 Å². The van der Waals surface area contributed by atoms with Crippen LogP contribution < -0.4 is 5.32 Å². The summed E-state index contributed by atoms with van der Waals surface area (Å²) in [7, 11) is 0. The summed E-state index contributed by atoms with van der Waals surface area (Å²) in [4.78, 5) is 4.35. The summed E-state index contributed by atoms with van der Waals surface area (Å²) in [6.45, 7) is 2.32. The van der Waals surface area contributed by atoms with E-state index in [1.165, 1.54) is 0 Å². The van der Waals surface area contributed by atoms with Gasteiger partial charge in [-0.05, 0) is 37.1 Å². The van der Waals surface area contributed by atoms with Crippen LogP contribution in [0.5, 0.6) is 0 Å². The fourth-order valence-corrected chi connectivity index (χ4v) is 2.36. The molecule has 0 fully saturated rings. The van der Waals surface area contributed by atoms with Crippen molar-refractivity contribution in [3.05, 3.63) is 34.9 Å². The molecule has 18 heavy (non-hydrogen) atoms. The Morgan fingerprint density at radius 2 is 2.22 bits per heavy atom. The highest BCUT2D eigenvalue weighted by Gasteiger charge is 2.08. The number of aromatic nitrogens is 1. The first-order chi connectivity index (χ1) is 8.74. The van der Waals surface area contributed by atoms with Crippen LogP contribution in [0.25, 0.3) is 10.9 Å². The molecule has 1 aromatic carbocycles. The van der Waals surface area contributed by atoms with E-state index in [2.05, 4.69) is 39.2 Å². The summed E-state index contributed by atoms with van der Waals surface area (Å²) in [6, 6.07) is 8.33. The molecule has 2 N–H and O–H groups in total. The molecule has 0 bridgehead atoms. The minimum atomic E-state index is 0.207. The Morgan fingerprint density at radius 3 is 2.94 bits per heavy atom. The van der Waals surface area contributed by atoms with Gasteiger partial charge in [0.05, 0.1) is 5.52 Å². The lowest BCUT2D eigenvalue weighted by Gasteiger charge is -2.18. The Labute approximate surface area is 115 Å². The highest BCUT2D eigenvalue weighted by atomic mass is 79.9.